The van der Waals surface area contributed by atoms with Crippen LogP contribution in [0.15, 0.2) is 41.5 Å². The first-order valence-electron chi connectivity index (χ1n) is 10.1. The van der Waals surface area contributed by atoms with E-state index in [4.69, 9.17) is 4.74 Å². The summed E-state index contributed by atoms with van der Waals surface area (Å²) in [6.07, 6.45) is 4.17. The number of nitrogens with one attached hydrogen (secondary N) is 2. The lowest BCUT2D eigenvalue weighted by molar-refractivity contribution is 0.0998. The predicted molar refractivity (Wildman–Crippen MR) is 109 cm³/mol. The number of aliphatic imine (C=N–C) groups is 1. The van der Waals surface area contributed by atoms with Gasteiger partial charge in [-0.3, -0.25) is 14.8 Å². The number of ketones is 1. The van der Waals surface area contributed by atoms with Crippen LogP contribution in [0.1, 0.15) is 35.3 Å². The topological polar surface area (TPSA) is 75.6 Å². The lowest BCUT2D eigenvalue weighted by Gasteiger charge is -2.23. The maximum Gasteiger partial charge on any atom is 0.170 e. The molecule has 3 heterocycles. The fraction of sp³-hybridized carbons (Fsp3) is 0.409. The molecule has 2 N–H and O–H groups in total. The smallest absolute Gasteiger partial charge is 0.170 e. The number of hydrogen-bond acceptors (Lipinski definition) is 6. The molecule has 2 aliphatic rings. The summed E-state index contributed by atoms with van der Waals surface area (Å²) in [5, 5.41) is 6.83. The quantitative estimate of drug-likeness (QED) is 0.752. The van der Waals surface area contributed by atoms with Gasteiger partial charge in [0, 0.05) is 18.3 Å². The third-order valence-corrected chi connectivity index (χ3v) is 5.35. The Kier molecular flexibility index (Phi) is 6.27. The SMILES string of the molecule is O=C1CC(COc2ccccc2F)=Nc2c1ccnc2CNCC1CCNCC1. The minimum Gasteiger partial charge on any atom is -0.485 e. The molecule has 0 spiro atoms. The van der Waals surface area contributed by atoms with Gasteiger partial charge in [-0.2, -0.15) is 0 Å². The van der Waals surface area contributed by atoms with Crippen molar-refractivity contribution in [2.45, 2.75) is 25.8 Å². The summed E-state index contributed by atoms with van der Waals surface area (Å²) >= 11 is 0. The molecule has 6 nitrogen and oxygen atoms in total. The van der Waals surface area contributed by atoms with E-state index in [0.29, 0.717) is 29.4 Å². The van der Waals surface area contributed by atoms with Gasteiger partial charge >= 0.3 is 0 Å². The number of piperidine rings is 1. The molecule has 0 saturated carbocycles. The Morgan fingerprint density at radius 3 is 2.86 bits per heavy atom. The van der Waals surface area contributed by atoms with Gasteiger partial charge in [-0.1, -0.05) is 12.1 Å². The average molecular weight is 396 g/mol. The molecule has 29 heavy (non-hydrogen) atoms. The molecule has 1 aromatic carbocycles. The van der Waals surface area contributed by atoms with Crippen molar-refractivity contribution in [1.29, 1.82) is 0 Å². The highest BCUT2D eigenvalue weighted by Crippen LogP contribution is 2.29. The highest BCUT2D eigenvalue weighted by atomic mass is 19.1. The third-order valence-electron chi connectivity index (χ3n) is 5.35. The van der Waals surface area contributed by atoms with Gasteiger partial charge in [-0.15, -0.1) is 0 Å². The Labute approximate surface area is 169 Å². The van der Waals surface area contributed by atoms with Gasteiger partial charge in [0.15, 0.2) is 17.3 Å². The van der Waals surface area contributed by atoms with Crippen molar-refractivity contribution in [3.63, 3.8) is 0 Å². The van der Waals surface area contributed by atoms with E-state index in [1.54, 1.807) is 30.5 Å². The van der Waals surface area contributed by atoms with Crippen LogP contribution in [-0.4, -0.2) is 42.7 Å². The average Bonchev–Trinajstić information content (AvgIpc) is 2.74. The van der Waals surface area contributed by atoms with Gasteiger partial charge in [0.25, 0.3) is 0 Å². The van der Waals surface area contributed by atoms with Crippen LogP contribution in [0, 0.1) is 11.7 Å². The van der Waals surface area contributed by atoms with Crippen molar-refractivity contribution in [3.05, 3.63) is 53.6 Å². The molecule has 2 aliphatic heterocycles. The van der Waals surface area contributed by atoms with E-state index in [1.165, 1.54) is 18.9 Å². The molecule has 152 valence electrons. The zero-order valence-corrected chi connectivity index (χ0v) is 16.3. The second-order valence-electron chi connectivity index (χ2n) is 7.48. The minimum atomic E-state index is -0.430. The zero-order valence-electron chi connectivity index (χ0n) is 16.3. The number of aromatic nitrogens is 1. The monoisotopic (exact) mass is 396 g/mol. The van der Waals surface area contributed by atoms with Crippen LogP contribution in [0.3, 0.4) is 0 Å². The van der Waals surface area contributed by atoms with Crippen LogP contribution in [0.25, 0.3) is 0 Å². The number of nitrogens with zero attached hydrogens (tertiary/aromatic N) is 2. The van der Waals surface area contributed by atoms with Gasteiger partial charge < -0.3 is 15.4 Å². The molecule has 1 fully saturated rings. The summed E-state index contributed by atoms with van der Waals surface area (Å²) in [6.45, 7) is 3.69. The van der Waals surface area contributed by atoms with E-state index in [2.05, 4.69) is 20.6 Å². The molecule has 0 radical (unpaired) electrons. The second kappa shape index (κ2) is 9.24. The fourth-order valence-corrected chi connectivity index (χ4v) is 3.74. The Hall–Kier alpha value is -2.64. The minimum absolute atomic E-state index is 0.0101. The normalized spacial score (nSPS) is 17.0. The number of hydrogen-bond donors (Lipinski definition) is 2. The van der Waals surface area contributed by atoms with E-state index in [0.717, 1.165) is 25.3 Å². The summed E-state index contributed by atoms with van der Waals surface area (Å²) in [7, 11) is 0. The molecular weight excluding hydrogens is 371 g/mol. The van der Waals surface area contributed by atoms with Crippen LogP contribution >= 0.6 is 0 Å². The molecule has 0 aliphatic carbocycles. The maximum absolute atomic E-state index is 13.8. The number of pyridine rings is 1. The number of halogens is 1. The largest absolute Gasteiger partial charge is 0.485 e. The van der Waals surface area contributed by atoms with E-state index < -0.39 is 5.82 Å². The van der Waals surface area contributed by atoms with Crippen LogP contribution in [0.5, 0.6) is 5.75 Å². The number of benzene rings is 1. The van der Waals surface area contributed by atoms with Crippen LogP contribution < -0.4 is 15.4 Å². The molecule has 4 rings (SSSR count). The molecule has 0 amide bonds. The highest BCUT2D eigenvalue weighted by molar-refractivity contribution is 6.16. The lowest BCUT2D eigenvalue weighted by atomic mass is 9.98. The van der Waals surface area contributed by atoms with Crippen molar-refractivity contribution in [1.82, 2.24) is 15.6 Å². The van der Waals surface area contributed by atoms with E-state index >= 15 is 0 Å². The maximum atomic E-state index is 13.8. The van der Waals surface area contributed by atoms with Crippen molar-refractivity contribution in [2.24, 2.45) is 10.9 Å². The molecule has 0 unspecified atom stereocenters. The summed E-state index contributed by atoms with van der Waals surface area (Å²) < 4.78 is 19.3. The third kappa shape index (κ3) is 4.86. The summed E-state index contributed by atoms with van der Waals surface area (Å²) in [5.74, 6) is 0.374. The molecular formula is C22H25FN4O2. The first-order chi connectivity index (χ1) is 14.2. The van der Waals surface area contributed by atoms with E-state index in [1.807, 2.05) is 0 Å². The first-order valence-corrected chi connectivity index (χ1v) is 10.1. The Balaban J connectivity index is 1.44. The number of carbonyl (C=O) groups is 1. The number of ether oxygens (including phenoxy) is 1. The standard InChI is InChI=1S/C22H25FN4O2/c23-18-3-1-2-4-21(18)29-14-16-11-20(28)17-7-10-26-19(22(17)27-16)13-25-12-15-5-8-24-9-6-15/h1-4,7,10,15,24-25H,5-6,8-9,11-14H2. The molecule has 7 heteroatoms. The Morgan fingerprint density at radius 2 is 2.03 bits per heavy atom. The van der Waals surface area contributed by atoms with Gasteiger partial charge in [-0.05, 0) is 56.6 Å². The highest BCUT2D eigenvalue weighted by Gasteiger charge is 2.23. The first kappa shape index (κ1) is 19.7. The zero-order chi connectivity index (χ0) is 20.1. The van der Waals surface area contributed by atoms with Crippen molar-refractivity contribution in [2.75, 3.05) is 26.2 Å². The van der Waals surface area contributed by atoms with Crippen molar-refractivity contribution >= 4 is 17.2 Å². The van der Waals surface area contributed by atoms with Gasteiger partial charge in [-0.25, -0.2) is 4.39 Å². The Morgan fingerprint density at radius 1 is 1.21 bits per heavy atom. The predicted octanol–water partition coefficient (Wildman–Crippen LogP) is 3.05. The number of fused-ring (bicyclic) bond motifs is 1. The number of rotatable bonds is 7. The fourth-order valence-electron chi connectivity index (χ4n) is 3.74. The summed E-state index contributed by atoms with van der Waals surface area (Å²) in [4.78, 5) is 21.7. The van der Waals surface area contributed by atoms with Crippen molar-refractivity contribution < 1.29 is 13.9 Å². The molecule has 0 atom stereocenters. The van der Waals surface area contributed by atoms with Crippen LogP contribution in [-0.2, 0) is 6.54 Å². The molecule has 2 aromatic rings. The number of para-hydroxylation sites is 1. The lowest BCUT2D eigenvalue weighted by Crippen LogP contribution is -2.33. The summed E-state index contributed by atoms with van der Waals surface area (Å²) in [6, 6.07) is 7.93. The van der Waals surface area contributed by atoms with Crippen LogP contribution in [0.4, 0.5) is 10.1 Å². The van der Waals surface area contributed by atoms with E-state index in [-0.39, 0.29) is 24.6 Å². The van der Waals surface area contributed by atoms with Gasteiger partial charge in [0.05, 0.1) is 23.5 Å². The molecule has 0 bridgehead atoms. The van der Waals surface area contributed by atoms with E-state index in [9.17, 15) is 9.18 Å². The number of carbonyl (C=O) groups excluding carboxylic acids is 1. The number of Topliss-reactive ketones (excluding diaryl/α,β-unsaturated/α-hetero) is 1. The Bertz CT molecular complexity index is 909. The van der Waals surface area contributed by atoms with Crippen LogP contribution in [0.2, 0.25) is 0 Å². The molecule has 1 aromatic heterocycles. The van der Waals surface area contributed by atoms with Gasteiger partial charge in [0.1, 0.15) is 6.61 Å². The summed E-state index contributed by atoms with van der Waals surface area (Å²) in [5.41, 5.74) is 2.54. The second-order valence-corrected chi connectivity index (χ2v) is 7.48. The van der Waals surface area contributed by atoms with Gasteiger partial charge in [0.2, 0.25) is 0 Å². The molecule has 1 saturated heterocycles. The van der Waals surface area contributed by atoms with Crippen molar-refractivity contribution in [3.8, 4) is 5.75 Å².